The van der Waals surface area contributed by atoms with Crippen molar-refractivity contribution in [3.05, 3.63) is 106 Å². The van der Waals surface area contributed by atoms with Crippen molar-refractivity contribution in [1.29, 1.82) is 0 Å². The summed E-state index contributed by atoms with van der Waals surface area (Å²) in [6.45, 7) is 6.92. The minimum absolute atomic E-state index is 0.114. The van der Waals surface area contributed by atoms with Crippen LogP contribution in [-0.4, -0.2) is 90.2 Å². The number of piperidine rings is 1. The highest BCUT2D eigenvalue weighted by molar-refractivity contribution is 7.90. The molecular formula is C50H59F2N7O8S. The first-order chi connectivity index (χ1) is 32.5. The first kappa shape index (κ1) is 47.2. The van der Waals surface area contributed by atoms with Gasteiger partial charge in [0.05, 0.1) is 21.0 Å². The highest BCUT2D eigenvalue weighted by Crippen LogP contribution is 2.49. The second kappa shape index (κ2) is 18.9. The van der Waals surface area contributed by atoms with Crippen LogP contribution in [0.5, 0.6) is 17.4 Å². The van der Waals surface area contributed by atoms with Gasteiger partial charge in [0.25, 0.3) is 27.5 Å². The average molecular weight is 956 g/mol. The van der Waals surface area contributed by atoms with Crippen LogP contribution in [0.4, 0.5) is 25.8 Å². The van der Waals surface area contributed by atoms with Crippen LogP contribution in [-0.2, 0) is 10.0 Å². The molecule has 1 amide bonds. The molecule has 2 aliphatic heterocycles. The third-order valence-corrected chi connectivity index (χ3v) is 16.1. The number of benzene rings is 3. The highest BCUT2D eigenvalue weighted by atomic mass is 32.2. The molecule has 5 aromatic rings. The summed E-state index contributed by atoms with van der Waals surface area (Å²) in [4.78, 5) is 36.9. The molecule has 18 heteroatoms. The van der Waals surface area contributed by atoms with Gasteiger partial charge < -0.3 is 29.8 Å². The minimum Gasteiger partial charge on any atom is -0.451 e. The number of alkyl halides is 2. The van der Waals surface area contributed by atoms with Crippen molar-refractivity contribution in [3.63, 3.8) is 0 Å². The fourth-order valence-electron chi connectivity index (χ4n) is 11.0. The largest absolute Gasteiger partial charge is 0.451 e. The number of fused-ring (bicyclic) bond motifs is 1. The normalized spacial score (nSPS) is 22.9. The van der Waals surface area contributed by atoms with Gasteiger partial charge in [-0.1, -0.05) is 44.5 Å². The molecular weight excluding hydrogens is 897 g/mol. The highest BCUT2D eigenvalue weighted by Gasteiger charge is 2.49. The van der Waals surface area contributed by atoms with Gasteiger partial charge in [-0.3, -0.25) is 19.8 Å². The molecule has 2 aromatic heterocycles. The Labute approximate surface area is 394 Å². The maximum atomic E-state index is 14.1. The Morgan fingerprint density at radius 3 is 2.46 bits per heavy atom. The lowest BCUT2D eigenvalue weighted by Crippen LogP contribution is -2.63. The lowest BCUT2D eigenvalue weighted by Gasteiger charge is -2.57. The number of aromatic amines is 1. The number of nitrogens with one attached hydrogen (secondary N) is 3. The van der Waals surface area contributed by atoms with Gasteiger partial charge in [0, 0.05) is 68.2 Å². The Bertz CT molecular complexity index is 2780. The fraction of sp³-hybridized carbons (Fsp3) is 0.480. The van der Waals surface area contributed by atoms with Crippen LogP contribution in [0.15, 0.2) is 83.9 Å². The molecule has 4 aliphatic rings. The molecule has 1 spiro atoms. The first-order valence-corrected chi connectivity index (χ1v) is 25.1. The van der Waals surface area contributed by atoms with E-state index in [1.807, 2.05) is 4.72 Å². The predicted octanol–water partition coefficient (Wildman–Crippen LogP) is 9.70. The molecule has 68 heavy (non-hydrogen) atoms. The van der Waals surface area contributed by atoms with Crippen LogP contribution in [0.1, 0.15) is 112 Å². The summed E-state index contributed by atoms with van der Waals surface area (Å²) in [5.74, 6) is -0.915. The Kier molecular flexibility index (Phi) is 13.1. The monoisotopic (exact) mass is 955 g/mol. The van der Waals surface area contributed by atoms with Crippen molar-refractivity contribution in [2.45, 2.75) is 114 Å². The van der Waals surface area contributed by atoms with E-state index in [2.05, 4.69) is 63.2 Å². The number of hydrogen-bond donors (Lipinski definition) is 4. The van der Waals surface area contributed by atoms with E-state index in [1.54, 1.807) is 31.3 Å². The SMILES string of the molecule is CC(C)c1ccccc1[C@@H]1CCC[C@@H]1N1CC2(CCN(c3ccc(C(=O)NS(=O)(=O)c4ccc(NC[C@H]5CC[C@](C)(O)CC5)c([N+](=O)[O-])c4)c(Oc4cc5cc[nH]c5nc4OC(F)F)c3)CC2)C1. The van der Waals surface area contributed by atoms with Crippen LogP contribution >= 0.6 is 0 Å². The van der Waals surface area contributed by atoms with E-state index in [0.717, 1.165) is 44.8 Å². The number of halogens is 2. The van der Waals surface area contributed by atoms with E-state index in [4.69, 9.17) is 9.47 Å². The number of aliphatic hydroxyl groups is 1. The van der Waals surface area contributed by atoms with E-state index in [0.29, 0.717) is 61.4 Å². The number of sulfonamides is 1. The maximum Gasteiger partial charge on any atom is 0.388 e. The standard InChI is InChI=1S/C50H59F2N7O8S/c1-31(2)36-7-4-5-8-37(36)38-9-6-10-41(38)58-29-50(30-58)20-23-57(24-21-50)34-11-13-39(43(26-34)66-44-25-33-17-22-53-45(33)55-47(44)67-48(51)52)46(60)56-68(64,65)35-12-14-40(42(27-35)59(62)63)54-28-32-15-18-49(3,61)19-16-32/h4-5,7-8,11-14,17,22,25-27,31-32,38,41,48,54,61H,6,9-10,15-16,18-21,23-24,28-30H2,1-3H3,(H,53,55)(H,56,60)/t32-,38-,41-,49-/m0/s1. The van der Waals surface area contributed by atoms with Crippen LogP contribution in [0.3, 0.4) is 0 Å². The molecule has 0 bridgehead atoms. The summed E-state index contributed by atoms with van der Waals surface area (Å²) in [7, 11) is -4.71. The molecule has 0 unspecified atom stereocenters. The topological polar surface area (TPSA) is 192 Å². The number of nitro groups is 1. The molecule has 0 radical (unpaired) electrons. The molecule has 2 aliphatic carbocycles. The third-order valence-electron chi connectivity index (χ3n) is 14.8. The maximum absolute atomic E-state index is 14.1. The Morgan fingerprint density at radius 1 is 0.985 bits per heavy atom. The molecule has 2 atom stereocenters. The number of carbonyl (C=O) groups is 1. The number of pyridine rings is 1. The van der Waals surface area contributed by atoms with Gasteiger partial charge in [0.1, 0.15) is 17.1 Å². The van der Waals surface area contributed by atoms with Gasteiger partial charge in [-0.2, -0.15) is 13.8 Å². The van der Waals surface area contributed by atoms with Crippen LogP contribution in [0, 0.1) is 21.4 Å². The van der Waals surface area contributed by atoms with Crippen molar-refractivity contribution in [2.75, 3.05) is 42.9 Å². The number of H-pyrrole nitrogens is 1. The molecule has 9 rings (SSSR count). The van der Waals surface area contributed by atoms with Crippen molar-refractivity contribution in [1.82, 2.24) is 19.6 Å². The molecule has 362 valence electrons. The van der Waals surface area contributed by atoms with E-state index in [1.165, 1.54) is 54.7 Å². The lowest BCUT2D eigenvalue weighted by atomic mass is 9.70. The number of rotatable bonds is 15. The number of aromatic nitrogens is 2. The number of hydrogen-bond acceptors (Lipinski definition) is 12. The number of nitrogens with zero attached hydrogens (tertiary/aromatic N) is 4. The summed E-state index contributed by atoms with van der Waals surface area (Å²) >= 11 is 0. The smallest absolute Gasteiger partial charge is 0.388 e. The number of anilines is 2. The summed E-state index contributed by atoms with van der Waals surface area (Å²) in [5.41, 5.74) is 2.66. The van der Waals surface area contributed by atoms with E-state index < -0.39 is 49.5 Å². The third kappa shape index (κ3) is 9.99. The quantitative estimate of drug-likeness (QED) is 0.0575. The Hall–Kier alpha value is -5.85. The molecule has 4 fully saturated rings. The van der Waals surface area contributed by atoms with Crippen molar-refractivity contribution in [3.8, 4) is 17.4 Å². The van der Waals surface area contributed by atoms with Crippen LogP contribution in [0.2, 0.25) is 0 Å². The van der Waals surface area contributed by atoms with E-state index in [9.17, 15) is 37.2 Å². The van der Waals surface area contributed by atoms with Gasteiger partial charge in [-0.05, 0) is 129 Å². The molecule has 2 saturated carbocycles. The summed E-state index contributed by atoms with van der Waals surface area (Å²) in [6.07, 6.45) is 9.70. The van der Waals surface area contributed by atoms with Crippen LogP contribution in [0.25, 0.3) is 11.0 Å². The van der Waals surface area contributed by atoms with Gasteiger partial charge >= 0.3 is 6.61 Å². The Balaban J connectivity index is 0.933. The van der Waals surface area contributed by atoms with Crippen molar-refractivity contribution >= 4 is 44.0 Å². The second-order valence-electron chi connectivity index (χ2n) is 19.8. The molecule has 3 aromatic carbocycles. The van der Waals surface area contributed by atoms with Gasteiger partial charge in [0.15, 0.2) is 5.75 Å². The number of amides is 1. The van der Waals surface area contributed by atoms with Crippen molar-refractivity contribution < 1.29 is 41.5 Å². The Morgan fingerprint density at radius 2 is 1.74 bits per heavy atom. The fourth-order valence-corrected chi connectivity index (χ4v) is 12.0. The molecule has 4 heterocycles. The second-order valence-corrected chi connectivity index (χ2v) is 21.5. The van der Waals surface area contributed by atoms with E-state index in [-0.39, 0.29) is 39.7 Å². The molecule has 2 saturated heterocycles. The number of likely N-dealkylation sites (tertiary alicyclic amines) is 1. The summed E-state index contributed by atoms with van der Waals surface area (Å²) in [6, 6.07) is 20.5. The summed E-state index contributed by atoms with van der Waals surface area (Å²) in [5, 5.41) is 26.1. The molecule has 4 N–H and O–H groups in total. The molecule has 15 nitrogen and oxygen atoms in total. The van der Waals surface area contributed by atoms with E-state index >= 15 is 0 Å². The minimum atomic E-state index is -4.71. The van der Waals surface area contributed by atoms with Crippen molar-refractivity contribution in [2.24, 2.45) is 11.3 Å². The number of nitro benzene ring substituents is 1. The van der Waals surface area contributed by atoms with Gasteiger partial charge in [-0.25, -0.2) is 13.1 Å². The zero-order chi connectivity index (χ0) is 48.0. The van der Waals surface area contributed by atoms with Crippen LogP contribution < -0.4 is 24.4 Å². The number of carbonyl (C=O) groups excluding carboxylic acids is 1. The first-order valence-electron chi connectivity index (χ1n) is 23.6. The van der Waals surface area contributed by atoms with Gasteiger partial charge in [0.2, 0.25) is 0 Å². The zero-order valence-electron chi connectivity index (χ0n) is 38.5. The lowest BCUT2D eigenvalue weighted by molar-refractivity contribution is -0.384. The predicted molar refractivity (Wildman–Crippen MR) is 254 cm³/mol. The average Bonchev–Trinajstić information content (AvgIpc) is 3.97. The summed E-state index contributed by atoms with van der Waals surface area (Å²) < 4.78 is 68.0. The number of ether oxygens (including phenoxy) is 2. The zero-order valence-corrected chi connectivity index (χ0v) is 39.4. The van der Waals surface area contributed by atoms with Gasteiger partial charge in [-0.15, -0.1) is 0 Å².